The van der Waals surface area contributed by atoms with Crippen molar-refractivity contribution in [1.29, 1.82) is 0 Å². The SMILES string of the molecule is CN(C)C[C@H](NC(=O)OCC1c2ccccc2-c2ccccc21)C(=O)N1CCC[C@H]2C[C@]21C(=O)O. The van der Waals surface area contributed by atoms with Crippen molar-refractivity contribution in [2.24, 2.45) is 5.92 Å². The number of nitrogens with one attached hydrogen (secondary N) is 1. The number of rotatable bonds is 7. The number of carbonyl (C=O) groups is 3. The zero-order valence-corrected chi connectivity index (χ0v) is 20.1. The number of nitrogens with zero attached hydrogens (tertiary/aromatic N) is 2. The summed E-state index contributed by atoms with van der Waals surface area (Å²) in [5, 5.41) is 12.6. The summed E-state index contributed by atoms with van der Waals surface area (Å²) in [7, 11) is 3.62. The predicted molar refractivity (Wildman–Crippen MR) is 130 cm³/mol. The molecule has 2 fully saturated rings. The molecule has 2 amide bonds. The number of carbonyl (C=O) groups excluding carboxylic acids is 2. The minimum absolute atomic E-state index is 0.00726. The fourth-order valence-corrected chi connectivity index (χ4v) is 5.89. The first kappa shape index (κ1) is 23.4. The number of benzene rings is 2. The lowest BCUT2D eigenvalue weighted by atomic mass is 9.98. The molecule has 2 aromatic carbocycles. The second-order valence-corrected chi connectivity index (χ2v) is 10.0. The van der Waals surface area contributed by atoms with Gasteiger partial charge in [-0.25, -0.2) is 9.59 Å². The maximum absolute atomic E-state index is 13.5. The van der Waals surface area contributed by atoms with Gasteiger partial charge in [-0.15, -0.1) is 0 Å². The zero-order chi connectivity index (χ0) is 24.7. The molecule has 0 spiro atoms. The van der Waals surface area contributed by atoms with Crippen LogP contribution in [0, 0.1) is 5.92 Å². The standard InChI is InChI=1S/C27H31N3O5/c1-29(2)15-23(24(31)30-13-7-8-17-14-27(17,30)25(32)33)28-26(34)35-16-22-20-11-5-3-9-18(20)19-10-4-6-12-21(19)22/h3-6,9-12,17,22-23H,7-8,13-16H2,1-2H3,(H,28,34)(H,32,33)/t17-,23-,27+/m0/s1. The van der Waals surface area contributed by atoms with E-state index in [2.05, 4.69) is 17.4 Å². The smallest absolute Gasteiger partial charge is 0.407 e. The normalized spacial score (nSPS) is 23.2. The van der Waals surface area contributed by atoms with E-state index in [1.807, 2.05) is 50.5 Å². The highest BCUT2D eigenvalue weighted by Crippen LogP contribution is 2.54. The number of fused-ring (bicyclic) bond motifs is 4. The van der Waals surface area contributed by atoms with Gasteiger partial charge in [-0.2, -0.15) is 0 Å². The number of ether oxygens (including phenoxy) is 1. The monoisotopic (exact) mass is 477 g/mol. The highest BCUT2D eigenvalue weighted by Gasteiger charge is 2.67. The van der Waals surface area contributed by atoms with Crippen LogP contribution < -0.4 is 5.32 Å². The van der Waals surface area contributed by atoms with Crippen molar-refractivity contribution >= 4 is 18.0 Å². The minimum atomic E-state index is -1.12. The van der Waals surface area contributed by atoms with Crippen molar-refractivity contribution in [1.82, 2.24) is 15.1 Å². The Labute approximate surface area is 204 Å². The van der Waals surface area contributed by atoms with Gasteiger partial charge in [0.05, 0.1) is 0 Å². The maximum atomic E-state index is 13.5. The number of hydrogen-bond donors (Lipinski definition) is 2. The number of amides is 2. The summed E-state index contributed by atoms with van der Waals surface area (Å²) >= 11 is 0. The lowest BCUT2D eigenvalue weighted by Crippen LogP contribution is -2.59. The molecule has 3 atom stereocenters. The Morgan fingerprint density at radius 1 is 1.11 bits per heavy atom. The van der Waals surface area contributed by atoms with Gasteiger partial charge in [-0.05, 0) is 61.5 Å². The second kappa shape index (κ2) is 9.00. The van der Waals surface area contributed by atoms with Gasteiger partial charge in [0.15, 0.2) is 0 Å². The van der Waals surface area contributed by atoms with Gasteiger partial charge in [0.2, 0.25) is 5.91 Å². The third kappa shape index (κ3) is 4.05. The molecule has 3 aliphatic rings. The highest BCUT2D eigenvalue weighted by molar-refractivity contribution is 5.94. The molecular weight excluding hydrogens is 446 g/mol. The first-order chi connectivity index (χ1) is 16.8. The van der Waals surface area contributed by atoms with Gasteiger partial charge >= 0.3 is 12.1 Å². The van der Waals surface area contributed by atoms with E-state index < -0.39 is 23.6 Å². The molecule has 1 saturated carbocycles. The number of hydrogen-bond acceptors (Lipinski definition) is 5. The Morgan fingerprint density at radius 2 is 1.74 bits per heavy atom. The Balaban J connectivity index is 1.29. The van der Waals surface area contributed by atoms with Crippen LogP contribution in [-0.2, 0) is 14.3 Å². The molecule has 184 valence electrons. The summed E-state index contributed by atoms with van der Waals surface area (Å²) in [6.45, 7) is 0.783. The van der Waals surface area contributed by atoms with E-state index in [0.29, 0.717) is 13.0 Å². The van der Waals surface area contributed by atoms with Crippen LogP contribution in [0.15, 0.2) is 48.5 Å². The summed E-state index contributed by atoms with van der Waals surface area (Å²) in [5.41, 5.74) is 3.38. The molecule has 1 saturated heterocycles. The number of likely N-dealkylation sites (N-methyl/N-ethyl adjacent to an activating group) is 1. The Hall–Kier alpha value is -3.39. The molecule has 0 aromatic heterocycles. The number of alkyl carbamates (subject to hydrolysis) is 1. The van der Waals surface area contributed by atoms with Crippen LogP contribution in [0.2, 0.25) is 0 Å². The molecule has 2 aliphatic carbocycles. The van der Waals surface area contributed by atoms with E-state index in [1.165, 1.54) is 4.90 Å². The summed E-state index contributed by atoms with van der Waals surface area (Å²) in [5.74, 6) is -1.41. The maximum Gasteiger partial charge on any atom is 0.407 e. The van der Waals surface area contributed by atoms with Crippen LogP contribution in [-0.4, -0.2) is 78.2 Å². The van der Waals surface area contributed by atoms with E-state index in [1.54, 1.807) is 4.90 Å². The molecule has 35 heavy (non-hydrogen) atoms. The van der Waals surface area contributed by atoms with Crippen LogP contribution in [0.25, 0.3) is 11.1 Å². The first-order valence-corrected chi connectivity index (χ1v) is 12.1. The minimum Gasteiger partial charge on any atom is -0.479 e. The van der Waals surface area contributed by atoms with Gasteiger partial charge < -0.3 is 25.0 Å². The molecule has 5 rings (SSSR count). The van der Waals surface area contributed by atoms with Crippen molar-refractivity contribution < 1.29 is 24.2 Å². The average Bonchev–Trinajstić information content (AvgIpc) is 3.53. The first-order valence-electron chi connectivity index (χ1n) is 12.1. The fraction of sp³-hybridized carbons (Fsp3) is 0.444. The van der Waals surface area contributed by atoms with Crippen molar-refractivity contribution in [2.75, 3.05) is 33.8 Å². The van der Waals surface area contributed by atoms with Gasteiger partial charge in [0.25, 0.3) is 0 Å². The van der Waals surface area contributed by atoms with Crippen LogP contribution in [0.1, 0.15) is 36.3 Å². The van der Waals surface area contributed by atoms with Crippen molar-refractivity contribution in [3.63, 3.8) is 0 Å². The number of carboxylic acid groups (broad SMARTS) is 1. The number of carboxylic acids is 1. The molecule has 0 bridgehead atoms. The Morgan fingerprint density at radius 3 is 2.34 bits per heavy atom. The van der Waals surface area contributed by atoms with E-state index in [9.17, 15) is 19.5 Å². The average molecular weight is 478 g/mol. The largest absolute Gasteiger partial charge is 0.479 e. The molecular formula is C27H31N3O5. The molecule has 0 radical (unpaired) electrons. The third-order valence-corrected chi connectivity index (χ3v) is 7.61. The fourth-order valence-electron chi connectivity index (χ4n) is 5.89. The predicted octanol–water partition coefficient (Wildman–Crippen LogP) is 2.92. The summed E-state index contributed by atoms with van der Waals surface area (Å²) in [6.07, 6.45) is 1.38. The van der Waals surface area contributed by atoms with Crippen LogP contribution in [0.3, 0.4) is 0 Å². The molecule has 1 heterocycles. The molecule has 1 aliphatic heterocycles. The van der Waals surface area contributed by atoms with Crippen LogP contribution in [0.4, 0.5) is 4.79 Å². The molecule has 2 N–H and O–H groups in total. The second-order valence-electron chi connectivity index (χ2n) is 10.0. The highest BCUT2D eigenvalue weighted by atomic mass is 16.5. The van der Waals surface area contributed by atoms with E-state index in [0.717, 1.165) is 35.1 Å². The van der Waals surface area contributed by atoms with Crippen molar-refractivity contribution in [2.45, 2.75) is 36.8 Å². The lowest BCUT2D eigenvalue weighted by molar-refractivity contribution is -0.155. The van der Waals surface area contributed by atoms with E-state index in [4.69, 9.17) is 4.74 Å². The molecule has 0 unspecified atom stereocenters. The van der Waals surface area contributed by atoms with Gasteiger partial charge in [-0.1, -0.05) is 48.5 Å². The Kier molecular flexibility index (Phi) is 6.01. The number of piperidine rings is 1. The zero-order valence-electron chi connectivity index (χ0n) is 20.1. The molecule has 8 nitrogen and oxygen atoms in total. The Bertz CT molecular complexity index is 1120. The summed E-state index contributed by atoms with van der Waals surface area (Å²) < 4.78 is 5.64. The molecule has 8 heteroatoms. The van der Waals surface area contributed by atoms with E-state index in [-0.39, 0.29) is 30.9 Å². The number of aliphatic carboxylic acids is 1. The quantitative estimate of drug-likeness (QED) is 0.636. The molecule has 2 aromatic rings. The van der Waals surface area contributed by atoms with Gasteiger partial charge in [0.1, 0.15) is 18.2 Å². The van der Waals surface area contributed by atoms with Crippen molar-refractivity contribution in [3.8, 4) is 11.1 Å². The summed E-state index contributed by atoms with van der Waals surface area (Å²) in [6, 6.07) is 15.3. The topological polar surface area (TPSA) is 99.2 Å². The van der Waals surface area contributed by atoms with Crippen LogP contribution >= 0.6 is 0 Å². The summed E-state index contributed by atoms with van der Waals surface area (Å²) in [4.78, 5) is 41.6. The lowest BCUT2D eigenvalue weighted by Gasteiger charge is -2.36. The number of likely N-dealkylation sites (tertiary alicyclic amines) is 1. The van der Waals surface area contributed by atoms with Gasteiger partial charge in [-0.3, -0.25) is 4.79 Å². The van der Waals surface area contributed by atoms with E-state index >= 15 is 0 Å². The third-order valence-electron chi connectivity index (χ3n) is 7.61. The van der Waals surface area contributed by atoms with Crippen LogP contribution in [0.5, 0.6) is 0 Å². The van der Waals surface area contributed by atoms with Gasteiger partial charge in [0, 0.05) is 19.0 Å². The van der Waals surface area contributed by atoms with Crippen molar-refractivity contribution in [3.05, 3.63) is 59.7 Å².